The van der Waals surface area contributed by atoms with E-state index in [2.05, 4.69) is 5.32 Å². The molecule has 6 atom stereocenters. The Kier molecular flexibility index (Phi) is 4.67. The Morgan fingerprint density at radius 1 is 1.17 bits per heavy atom. The number of benzene rings is 1. The zero-order valence-corrected chi connectivity index (χ0v) is 16.8. The van der Waals surface area contributed by atoms with E-state index in [-0.39, 0.29) is 24.3 Å². The van der Waals surface area contributed by atoms with E-state index in [9.17, 15) is 14.0 Å². The van der Waals surface area contributed by atoms with Crippen LogP contribution in [0.5, 0.6) is 0 Å². The van der Waals surface area contributed by atoms with Gasteiger partial charge in [0.05, 0.1) is 5.92 Å². The molecule has 2 N–H and O–H groups in total. The molecular formula is C24H30FNO3. The van der Waals surface area contributed by atoms with Gasteiger partial charge in [0.1, 0.15) is 5.67 Å². The highest BCUT2D eigenvalue weighted by Gasteiger charge is 2.56. The molecule has 1 amide bonds. The molecule has 1 aromatic carbocycles. The van der Waals surface area contributed by atoms with Crippen molar-refractivity contribution in [3.05, 3.63) is 34.9 Å². The summed E-state index contributed by atoms with van der Waals surface area (Å²) < 4.78 is 15.0. The molecular weight excluding hydrogens is 369 g/mol. The number of alkyl halides is 1. The second-order valence-corrected chi connectivity index (χ2v) is 9.98. The number of halogens is 1. The van der Waals surface area contributed by atoms with Crippen LogP contribution in [0.25, 0.3) is 0 Å². The molecule has 29 heavy (non-hydrogen) atoms. The van der Waals surface area contributed by atoms with Gasteiger partial charge in [-0.1, -0.05) is 18.2 Å². The van der Waals surface area contributed by atoms with Gasteiger partial charge in [-0.25, -0.2) is 4.39 Å². The van der Waals surface area contributed by atoms with Gasteiger partial charge in [-0.15, -0.1) is 0 Å². The highest BCUT2D eigenvalue weighted by molar-refractivity contribution is 5.85. The third kappa shape index (κ3) is 3.47. The third-order valence-corrected chi connectivity index (χ3v) is 8.04. The van der Waals surface area contributed by atoms with Crippen molar-refractivity contribution in [2.75, 3.05) is 0 Å². The average molecular weight is 400 g/mol. The first kappa shape index (κ1) is 19.1. The molecule has 0 aromatic heterocycles. The van der Waals surface area contributed by atoms with E-state index in [1.807, 2.05) is 18.2 Å². The second-order valence-electron chi connectivity index (χ2n) is 9.98. The lowest BCUT2D eigenvalue weighted by atomic mass is 9.53. The molecule has 0 aliphatic heterocycles. The van der Waals surface area contributed by atoms with Crippen LogP contribution in [0.2, 0.25) is 0 Å². The van der Waals surface area contributed by atoms with Gasteiger partial charge in [-0.05, 0) is 92.2 Å². The molecule has 6 rings (SSSR count). The van der Waals surface area contributed by atoms with Crippen molar-refractivity contribution < 1.29 is 19.1 Å². The summed E-state index contributed by atoms with van der Waals surface area (Å²) >= 11 is 0. The first-order chi connectivity index (χ1) is 13.9. The summed E-state index contributed by atoms with van der Waals surface area (Å²) in [5.74, 6) is 0.227. The van der Waals surface area contributed by atoms with Gasteiger partial charge < -0.3 is 10.4 Å². The van der Waals surface area contributed by atoms with E-state index in [1.165, 1.54) is 5.56 Å². The number of amides is 1. The fourth-order valence-electron chi connectivity index (χ4n) is 7.10. The largest absolute Gasteiger partial charge is 0.481 e. The first-order valence-corrected chi connectivity index (χ1v) is 11.2. The van der Waals surface area contributed by atoms with Gasteiger partial charge in [0.2, 0.25) is 5.91 Å². The monoisotopic (exact) mass is 399 g/mol. The fourth-order valence-corrected chi connectivity index (χ4v) is 7.10. The Bertz CT molecular complexity index is 821. The highest BCUT2D eigenvalue weighted by atomic mass is 19.1. The van der Waals surface area contributed by atoms with Gasteiger partial charge in [0.15, 0.2) is 0 Å². The maximum atomic E-state index is 15.0. The predicted molar refractivity (Wildman–Crippen MR) is 107 cm³/mol. The number of nitrogens with one attached hydrogen (secondary N) is 1. The van der Waals surface area contributed by atoms with Gasteiger partial charge >= 0.3 is 5.97 Å². The number of hydrogen-bond acceptors (Lipinski definition) is 2. The summed E-state index contributed by atoms with van der Waals surface area (Å²) in [6.45, 7) is 0. The van der Waals surface area contributed by atoms with E-state index in [1.54, 1.807) is 0 Å². The van der Waals surface area contributed by atoms with E-state index < -0.39 is 11.6 Å². The van der Waals surface area contributed by atoms with E-state index in [0.717, 1.165) is 49.7 Å². The lowest BCUT2D eigenvalue weighted by molar-refractivity contribution is -0.137. The lowest BCUT2D eigenvalue weighted by Crippen LogP contribution is -2.60. The molecule has 5 aliphatic carbocycles. The quantitative estimate of drug-likeness (QED) is 0.781. The number of carbonyl (C=O) groups excluding carboxylic acids is 1. The molecule has 5 aliphatic rings. The summed E-state index contributed by atoms with van der Waals surface area (Å²) in [5.41, 5.74) is 2.33. The Labute approximate surface area is 171 Å². The second kappa shape index (κ2) is 7.10. The van der Waals surface area contributed by atoms with Crippen LogP contribution in [-0.4, -0.2) is 28.7 Å². The summed E-state index contributed by atoms with van der Waals surface area (Å²) in [4.78, 5) is 24.3. The molecule has 0 spiro atoms. The number of hydrogen-bond donors (Lipinski definition) is 2. The summed E-state index contributed by atoms with van der Waals surface area (Å²) in [5, 5.41) is 12.4. The average Bonchev–Trinajstić information content (AvgIpc) is 2.67. The van der Waals surface area contributed by atoms with Gasteiger partial charge in [0.25, 0.3) is 0 Å². The Morgan fingerprint density at radius 3 is 2.62 bits per heavy atom. The number of carboxylic acid groups (broad SMARTS) is 1. The Morgan fingerprint density at radius 2 is 1.93 bits per heavy atom. The van der Waals surface area contributed by atoms with Crippen molar-refractivity contribution in [1.82, 2.24) is 5.32 Å². The van der Waals surface area contributed by atoms with Crippen molar-refractivity contribution >= 4 is 11.9 Å². The van der Waals surface area contributed by atoms with E-state index >= 15 is 0 Å². The number of aliphatic carboxylic acids is 1. The molecule has 156 valence electrons. The summed E-state index contributed by atoms with van der Waals surface area (Å²) in [6, 6.07) is 6.12. The molecule has 0 radical (unpaired) electrons. The summed E-state index contributed by atoms with van der Waals surface area (Å²) in [6.07, 6.45) is 7.41. The van der Waals surface area contributed by atoms with Gasteiger partial charge in [-0.3, -0.25) is 9.59 Å². The van der Waals surface area contributed by atoms with Crippen molar-refractivity contribution in [1.29, 1.82) is 0 Å². The number of carboxylic acids is 1. The van der Waals surface area contributed by atoms with Crippen molar-refractivity contribution in [2.45, 2.75) is 81.8 Å². The van der Waals surface area contributed by atoms with E-state index in [0.29, 0.717) is 37.0 Å². The van der Waals surface area contributed by atoms with Crippen LogP contribution in [0.1, 0.15) is 74.0 Å². The zero-order valence-electron chi connectivity index (χ0n) is 16.8. The maximum Gasteiger partial charge on any atom is 0.303 e. The molecule has 4 bridgehead atoms. The normalized spacial score (nSPS) is 37.2. The molecule has 4 nitrogen and oxygen atoms in total. The SMILES string of the molecule is O=C(O)CCc1cccc2c1CCCC2C(=O)NC1[C@@H]2CC3C[C@H]1CC(F)(C3)C2. The number of fused-ring (bicyclic) bond motifs is 1. The maximum absolute atomic E-state index is 15.0. The number of rotatable bonds is 5. The van der Waals surface area contributed by atoms with Gasteiger partial charge in [0, 0.05) is 12.5 Å². The smallest absolute Gasteiger partial charge is 0.303 e. The lowest BCUT2D eigenvalue weighted by Gasteiger charge is -2.57. The molecule has 4 saturated carbocycles. The standard InChI is InChI=1S/C24H30FNO3/c25-24-11-14-9-16(12-24)22(17(10-14)13-24)26-23(29)20-6-2-4-18-15(7-8-21(27)28)3-1-5-19(18)20/h1,3,5,14,16-17,20,22H,2,4,6-13H2,(H,26,29)(H,27,28)/t14?,16-,17+,20?,22?,24?. The summed E-state index contributed by atoms with van der Waals surface area (Å²) in [7, 11) is 0. The van der Waals surface area contributed by atoms with Crippen LogP contribution >= 0.6 is 0 Å². The molecule has 4 fully saturated rings. The minimum Gasteiger partial charge on any atom is -0.481 e. The van der Waals surface area contributed by atoms with E-state index in [4.69, 9.17) is 5.11 Å². The van der Waals surface area contributed by atoms with Crippen LogP contribution in [-0.2, 0) is 22.4 Å². The molecule has 5 heteroatoms. The molecule has 0 saturated heterocycles. The van der Waals surface area contributed by atoms with Crippen LogP contribution in [0.4, 0.5) is 4.39 Å². The Balaban J connectivity index is 1.33. The van der Waals surface area contributed by atoms with Crippen molar-refractivity contribution in [2.24, 2.45) is 17.8 Å². The predicted octanol–water partition coefficient (Wildman–Crippen LogP) is 4.16. The van der Waals surface area contributed by atoms with Gasteiger partial charge in [-0.2, -0.15) is 0 Å². The fraction of sp³-hybridized carbons (Fsp3) is 0.667. The van der Waals surface area contributed by atoms with Crippen LogP contribution < -0.4 is 5.32 Å². The first-order valence-electron chi connectivity index (χ1n) is 11.2. The molecule has 1 aromatic rings. The number of carbonyl (C=O) groups is 2. The minimum absolute atomic E-state index is 0.0896. The molecule has 4 unspecified atom stereocenters. The van der Waals surface area contributed by atoms with Crippen LogP contribution in [0, 0.1) is 17.8 Å². The zero-order chi connectivity index (χ0) is 20.2. The topological polar surface area (TPSA) is 66.4 Å². The molecule has 0 heterocycles. The number of aryl methyl sites for hydroxylation is 1. The van der Waals surface area contributed by atoms with Crippen molar-refractivity contribution in [3.8, 4) is 0 Å². The Hall–Kier alpha value is -1.91. The van der Waals surface area contributed by atoms with Crippen molar-refractivity contribution in [3.63, 3.8) is 0 Å². The van der Waals surface area contributed by atoms with Crippen LogP contribution in [0.15, 0.2) is 18.2 Å². The highest BCUT2D eigenvalue weighted by Crippen LogP contribution is 2.57. The van der Waals surface area contributed by atoms with Crippen LogP contribution in [0.3, 0.4) is 0 Å². The minimum atomic E-state index is -0.978. The third-order valence-electron chi connectivity index (χ3n) is 8.04.